The van der Waals surface area contributed by atoms with E-state index in [0.29, 0.717) is 17.8 Å². The van der Waals surface area contributed by atoms with Crippen molar-refractivity contribution in [1.82, 2.24) is 19.4 Å². The summed E-state index contributed by atoms with van der Waals surface area (Å²) in [7, 11) is 0. The van der Waals surface area contributed by atoms with Gasteiger partial charge in [0.15, 0.2) is 0 Å². The van der Waals surface area contributed by atoms with Gasteiger partial charge >= 0.3 is 0 Å². The van der Waals surface area contributed by atoms with Crippen molar-refractivity contribution in [2.45, 2.75) is 71.0 Å². The zero-order valence-corrected chi connectivity index (χ0v) is 21.6. The summed E-state index contributed by atoms with van der Waals surface area (Å²) in [5.74, 6) is 1.37. The lowest BCUT2D eigenvalue weighted by Crippen LogP contribution is -2.56. The van der Waals surface area contributed by atoms with E-state index < -0.39 is 0 Å². The van der Waals surface area contributed by atoms with E-state index >= 15 is 0 Å². The molecule has 0 spiro atoms. The van der Waals surface area contributed by atoms with E-state index in [4.69, 9.17) is 4.98 Å². The standard InChI is InChI=1S/C30H38N4O2/c1-3-27(32-18-19-33(22(2)20-32)29(35)24-14-8-5-9-15-24)28-31-26-17-11-10-16-25(26)30(36)34(28)21-23-12-6-4-7-13-23/h4,6-7,10-13,16-17,22,24,27H,3,5,8-9,14-15,18-21H2,1-2H3. The second kappa shape index (κ2) is 11.0. The molecule has 1 saturated carbocycles. The van der Waals surface area contributed by atoms with Gasteiger partial charge in [0.2, 0.25) is 5.91 Å². The van der Waals surface area contributed by atoms with Crippen molar-refractivity contribution in [3.05, 3.63) is 76.3 Å². The average molecular weight is 487 g/mol. The number of aromatic nitrogens is 2. The Labute approximate surface area is 213 Å². The van der Waals surface area contributed by atoms with E-state index in [0.717, 1.165) is 55.8 Å². The predicted molar refractivity (Wildman–Crippen MR) is 144 cm³/mol. The molecule has 0 bridgehead atoms. The Morgan fingerprint density at radius 1 is 1.00 bits per heavy atom. The Morgan fingerprint density at radius 3 is 2.44 bits per heavy atom. The molecule has 1 saturated heterocycles. The molecule has 6 nitrogen and oxygen atoms in total. The number of fused-ring (bicyclic) bond motifs is 1. The first-order chi connectivity index (χ1) is 17.6. The Morgan fingerprint density at radius 2 is 1.72 bits per heavy atom. The van der Waals surface area contributed by atoms with Crippen molar-refractivity contribution >= 4 is 16.8 Å². The highest BCUT2D eigenvalue weighted by Crippen LogP contribution is 2.30. The van der Waals surface area contributed by atoms with Crippen LogP contribution in [0.2, 0.25) is 0 Å². The zero-order valence-electron chi connectivity index (χ0n) is 21.6. The molecule has 190 valence electrons. The normalized spacial score (nSPS) is 20.5. The van der Waals surface area contributed by atoms with Crippen LogP contribution in [0.5, 0.6) is 0 Å². The van der Waals surface area contributed by atoms with Crippen LogP contribution in [0.25, 0.3) is 10.9 Å². The maximum absolute atomic E-state index is 13.7. The van der Waals surface area contributed by atoms with Crippen LogP contribution in [-0.4, -0.2) is 50.9 Å². The van der Waals surface area contributed by atoms with Gasteiger partial charge in [0, 0.05) is 31.6 Å². The molecule has 2 atom stereocenters. The van der Waals surface area contributed by atoms with Crippen LogP contribution in [-0.2, 0) is 11.3 Å². The molecule has 0 radical (unpaired) electrons. The third-order valence-corrected chi connectivity index (χ3v) is 8.10. The van der Waals surface area contributed by atoms with Gasteiger partial charge in [-0.25, -0.2) is 4.98 Å². The maximum Gasteiger partial charge on any atom is 0.261 e. The molecule has 1 aliphatic heterocycles. The van der Waals surface area contributed by atoms with Gasteiger partial charge in [-0.15, -0.1) is 0 Å². The van der Waals surface area contributed by atoms with Crippen LogP contribution in [0.1, 0.15) is 69.8 Å². The van der Waals surface area contributed by atoms with Gasteiger partial charge in [0.05, 0.1) is 23.5 Å². The second-order valence-electron chi connectivity index (χ2n) is 10.5. The number of rotatable bonds is 6. The number of benzene rings is 2. The van der Waals surface area contributed by atoms with Gasteiger partial charge in [-0.05, 0) is 43.9 Å². The lowest BCUT2D eigenvalue weighted by atomic mass is 9.87. The molecule has 1 amide bonds. The summed E-state index contributed by atoms with van der Waals surface area (Å²) in [6.45, 7) is 7.18. The number of para-hydroxylation sites is 1. The predicted octanol–water partition coefficient (Wildman–Crippen LogP) is 5.01. The summed E-state index contributed by atoms with van der Waals surface area (Å²) < 4.78 is 1.87. The molecule has 2 aromatic carbocycles. The molecule has 0 N–H and O–H groups in total. The van der Waals surface area contributed by atoms with Crippen molar-refractivity contribution in [1.29, 1.82) is 0 Å². The van der Waals surface area contributed by atoms with Crippen LogP contribution >= 0.6 is 0 Å². The van der Waals surface area contributed by atoms with Crippen LogP contribution in [0, 0.1) is 5.92 Å². The minimum absolute atomic E-state index is 0.0112. The highest BCUT2D eigenvalue weighted by atomic mass is 16.2. The van der Waals surface area contributed by atoms with Crippen LogP contribution in [0.3, 0.4) is 0 Å². The van der Waals surface area contributed by atoms with E-state index in [1.165, 1.54) is 19.3 Å². The van der Waals surface area contributed by atoms with E-state index in [1.54, 1.807) is 0 Å². The van der Waals surface area contributed by atoms with Crippen LogP contribution in [0.4, 0.5) is 0 Å². The number of hydrogen-bond acceptors (Lipinski definition) is 4. The van der Waals surface area contributed by atoms with Gasteiger partial charge in [-0.1, -0.05) is 68.7 Å². The van der Waals surface area contributed by atoms with Gasteiger partial charge in [0.25, 0.3) is 5.56 Å². The lowest BCUT2D eigenvalue weighted by molar-refractivity contribution is -0.141. The Bertz CT molecular complexity index is 1250. The summed E-state index contributed by atoms with van der Waals surface area (Å²) in [5, 5.41) is 0.656. The van der Waals surface area contributed by atoms with E-state index in [9.17, 15) is 9.59 Å². The molecule has 2 unspecified atom stereocenters. The molecule has 6 heteroatoms. The summed E-state index contributed by atoms with van der Waals surface area (Å²) in [4.78, 5) is 36.6. The first kappa shape index (κ1) is 24.7. The summed E-state index contributed by atoms with van der Waals surface area (Å²) in [6.07, 6.45) is 6.54. The fourth-order valence-electron chi connectivity index (χ4n) is 6.14. The molecule has 2 aliphatic rings. The van der Waals surface area contributed by atoms with Crippen molar-refractivity contribution in [2.75, 3.05) is 19.6 Å². The van der Waals surface area contributed by atoms with E-state index in [1.807, 2.05) is 47.0 Å². The fraction of sp³-hybridized carbons (Fsp3) is 0.500. The molecule has 2 heterocycles. The minimum Gasteiger partial charge on any atom is -0.337 e. The maximum atomic E-state index is 13.7. The second-order valence-corrected chi connectivity index (χ2v) is 10.5. The number of carbonyl (C=O) groups is 1. The molecule has 1 aromatic heterocycles. The molecule has 5 rings (SSSR count). The van der Waals surface area contributed by atoms with Gasteiger partial charge < -0.3 is 4.90 Å². The van der Waals surface area contributed by atoms with Crippen molar-refractivity contribution in [3.8, 4) is 0 Å². The summed E-state index contributed by atoms with van der Waals surface area (Å²) in [6, 6.07) is 17.9. The van der Waals surface area contributed by atoms with Crippen molar-refractivity contribution in [3.63, 3.8) is 0 Å². The monoisotopic (exact) mass is 486 g/mol. The molecule has 3 aromatic rings. The third-order valence-electron chi connectivity index (χ3n) is 8.10. The minimum atomic E-state index is 0.0112. The smallest absolute Gasteiger partial charge is 0.261 e. The number of piperazine rings is 1. The average Bonchev–Trinajstić information content (AvgIpc) is 2.92. The largest absolute Gasteiger partial charge is 0.337 e. The first-order valence-corrected chi connectivity index (χ1v) is 13.6. The van der Waals surface area contributed by atoms with Gasteiger partial charge in [-0.2, -0.15) is 0 Å². The Hall–Kier alpha value is -2.99. The molecule has 36 heavy (non-hydrogen) atoms. The highest BCUT2D eigenvalue weighted by molar-refractivity contribution is 5.79. The Kier molecular flexibility index (Phi) is 7.51. The molecular weight excluding hydrogens is 448 g/mol. The molecule has 1 aliphatic carbocycles. The number of amides is 1. The van der Waals surface area contributed by atoms with E-state index in [2.05, 4.69) is 35.8 Å². The quantitative estimate of drug-likeness (QED) is 0.492. The van der Waals surface area contributed by atoms with Gasteiger partial charge in [0.1, 0.15) is 5.82 Å². The lowest BCUT2D eigenvalue weighted by Gasteiger charge is -2.44. The zero-order chi connectivity index (χ0) is 25.1. The number of hydrogen-bond donors (Lipinski definition) is 0. The highest BCUT2D eigenvalue weighted by Gasteiger charge is 2.35. The SMILES string of the molecule is CCC(c1nc2ccccc2c(=O)n1Cc1ccccc1)N1CCN(C(=O)C2CCCCC2)C(C)C1. The van der Waals surface area contributed by atoms with Crippen molar-refractivity contribution in [2.24, 2.45) is 5.92 Å². The number of carbonyl (C=O) groups excluding carboxylic acids is 1. The van der Waals surface area contributed by atoms with E-state index in [-0.39, 0.29) is 23.6 Å². The van der Waals surface area contributed by atoms with Crippen LogP contribution in [0.15, 0.2) is 59.4 Å². The third kappa shape index (κ3) is 4.96. The van der Waals surface area contributed by atoms with Crippen molar-refractivity contribution < 1.29 is 4.79 Å². The molecular formula is C30H38N4O2. The van der Waals surface area contributed by atoms with Crippen LogP contribution < -0.4 is 5.56 Å². The fourth-order valence-corrected chi connectivity index (χ4v) is 6.14. The summed E-state index contributed by atoms with van der Waals surface area (Å²) in [5.41, 5.74) is 1.85. The Balaban J connectivity index is 1.44. The number of nitrogens with zero attached hydrogens (tertiary/aromatic N) is 4. The first-order valence-electron chi connectivity index (χ1n) is 13.6. The summed E-state index contributed by atoms with van der Waals surface area (Å²) >= 11 is 0. The molecule has 2 fully saturated rings. The topological polar surface area (TPSA) is 58.4 Å². The van der Waals surface area contributed by atoms with Gasteiger partial charge in [-0.3, -0.25) is 19.1 Å².